The molecule has 0 radical (unpaired) electrons. The van der Waals surface area contributed by atoms with Crippen LogP contribution in [0.5, 0.6) is 0 Å². The Bertz CT molecular complexity index is 1020. The summed E-state index contributed by atoms with van der Waals surface area (Å²) in [6.07, 6.45) is 1.66. The molecule has 1 aromatic heterocycles. The van der Waals surface area contributed by atoms with Crippen LogP contribution in [0.4, 0.5) is 0 Å². The molecule has 8 nitrogen and oxygen atoms in total. The first kappa shape index (κ1) is 22.5. The number of carboxylic acids is 1. The summed E-state index contributed by atoms with van der Waals surface area (Å²) in [5.74, 6) is -1.71. The maximum absolute atomic E-state index is 13.9. The van der Waals surface area contributed by atoms with Crippen LogP contribution in [0.2, 0.25) is 0 Å². The smallest absolute Gasteiger partial charge is 0.345 e. The quantitative estimate of drug-likeness (QED) is 0.439. The number of benzene rings is 1. The molecule has 1 fully saturated rings. The molecule has 10 heteroatoms. The van der Waals surface area contributed by atoms with Crippen LogP contribution in [-0.2, 0) is 25.1 Å². The molecule has 2 heterocycles. The lowest BCUT2D eigenvalue weighted by atomic mass is 10.2. The third-order valence-electron chi connectivity index (χ3n) is 4.82. The highest BCUT2D eigenvalue weighted by Crippen LogP contribution is 2.51. The zero-order valence-electron chi connectivity index (χ0n) is 16.9. The molecule has 3 rings (SSSR count). The zero-order chi connectivity index (χ0) is 21.9. The van der Waals surface area contributed by atoms with Gasteiger partial charge in [0.1, 0.15) is 10.9 Å². The Balaban J connectivity index is 1.87. The highest BCUT2D eigenvalue weighted by Gasteiger charge is 2.39. The lowest BCUT2D eigenvalue weighted by Crippen LogP contribution is -2.39. The normalized spacial score (nSPS) is 17.1. The van der Waals surface area contributed by atoms with E-state index in [1.807, 2.05) is 6.92 Å². The predicted molar refractivity (Wildman–Crippen MR) is 115 cm³/mol. The van der Waals surface area contributed by atoms with Gasteiger partial charge in [-0.1, -0.05) is 13.0 Å². The predicted octanol–water partition coefficient (Wildman–Crippen LogP) is 3.85. The number of amides is 1. The molecule has 1 amide bonds. The van der Waals surface area contributed by atoms with E-state index in [0.29, 0.717) is 31.4 Å². The number of nitrogens with zero attached hydrogens (tertiary/aromatic N) is 1. The average molecular weight is 452 g/mol. The summed E-state index contributed by atoms with van der Waals surface area (Å²) < 4.78 is 21.2. The van der Waals surface area contributed by atoms with E-state index < -0.39 is 25.4 Å². The third kappa shape index (κ3) is 4.91. The van der Waals surface area contributed by atoms with Gasteiger partial charge in [0, 0.05) is 17.7 Å². The Morgan fingerprint density at radius 3 is 2.77 bits per heavy atom. The topological polar surface area (TPSA) is 113 Å². The van der Waals surface area contributed by atoms with Gasteiger partial charge < -0.3 is 9.84 Å². The minimum absolute atomic E-state index is 0.0400. The number of rotatable bonds is 9. The molecule has 2 atom stereocenters. The number of thiophene rings is 1. The molecule has 30 heavy (non-hydrogen) atoms. The van der Waals surface area contributed by atoms with Crippen LogP contribution in [-0.4, -0.2) is 46.8 Å². The van der Waals surface area contributed by atoms with E-state index in [0.717, 1.165) is 10.1 Å². The molecule has 2 N–H and O–H groups in total. The number of ether oxygens (including phenoxy) is 1. The van der Waals surface area contributed by atoms with E-state index in [9.17, 15) is 24.1 Å². The zero-order valence-corrected chi connectivity index (χ0v) is 18.6. The summed E-state index contributed by atoms with van der Waals surface area (Å²) in [6, 6.07) is 6.10. The van der Waals surface area contributed by atoms with Gasteiger partial charge in [0.25, 0.3) is 0 Å². The maximum Gasteiger partial charge on any atom is 0.345 e. The van der Waals surface area contributed by atoms with Crippen molar-refractivity contribution in [2.75, 3.05) is 13.2 Å². The SMILES string of the molecule is CCCOC(=O)[C@H](C)NP(=O)(Cc1ccc2sc(C(=O)O)cc2c1)N1CCCC1=O. The van der Waals surface area contributed by atoms with Gasteiger partial charge in [-0.2, -0.15) is 0 Å². The van der Waals surface area contributed by atoms with Gasteiger partial charge in [-0.3, -0.25) is 18.8 Å². The van der Waals surface area contributed by atoms with Crippen LogP contribution in [0.25, 0.3) is 10.1 Å². The Morgan fingerprint density at radius 2 is 2.13 bits per heavy atom. The van der Waals surface area contributed by atoms with Crippen LogP contribution in [0.3, 0.4) is 0 Å². The fourth-order valence-corrected chi connectivity index (χ4v) is 7.01. The second kappa shape index (κ2) is 9.29. The molecule has 2 aromatic rings. The van der Waals surface area contributed by atoms with Crippen LogP contribution < -0.4 is 5.09 Å². The number of hydrogen-bond donors (Lipinski definition) is 2. The summed E-state index contributed by atoms with van der Waals surface area (Å²) in [4.78, 5) is 36.0. The van der Waals surface area contributed by atoms with Crippen molar-refractivity contribution in [3.05, 3.63) is 34.7 Å². The second-order valence-corrected chi connectivity index (χ2v) is 10.8. The minimum atomic E-state index is -3.46. The lowest BCUT2D eigenvalue weighted by molar-refractivity contribution is -0.145. The fourth-order valence-electron chi connectivity index (χ4n) is 3.40. The fraction of sp³-hybridized carbons (Fsp3) is 0.450. The van der Waals surface area contributed by atoms with E-state index in [2.05, 4.69) is 5.09 Å². The van der Waals surface area contributed by atoms with Crippen molar-refractivity contribution in [3.63, 3.8) is 0 Å². The van der Waals surface area contributed by atoms with E-state index in [-0.39, 0.29) is 23.6 Å². The summed E-state index contributed by atoms with van der Waals surface area (Å²) in [5, 5.41) is 12.8. The van der Waals surface area contributed by atoms with Crippen LogP contribution >= 0.6 is 18.8 Å². The molecule has 0 saturated carbocycles. The Morgan fingerprint density at radius 1 is 1.37 bits per heavy atom. The lowest BCUT2D eigenvalue weighted by Gasteiger charge is -2.31. The molecule has 1 aliphatic heterocycles. The van der Waals surface area contributed by atoms with Crippen molar-refractivity contribution in [1.82, 2.24) is 9.76 Å². The Hall–Kier alpha value is -2.22. The highest BCUT2D eigenvalue weighted by atomic mass is 32.1. The largest absolute Gasteiger partial charge is 0.477 e. The first-order valence-corrected chi connectivity index (χ1v) is 12.5. The van der Waals surface area contributed by atoms with Crippen molar-refractivity contribution in [2.45, 2.75) is 45.3 Å². The van der Waals surface area contributed by atoms with Gasteiger partial charge >= 0.3 is 11.9 Å². The van der Waals surface area contributed by atoms with E-state index in [1.165, 1.54) is 16.0 Å². The number of carbonyl (C=O) groups is 3. The summed E-state index contributed by atoms with van der Waals surface area (Å²) in [7, 11) is -3.46. The Kier molecular flexibility index (Phi) is 6.95. The van der Waals surface area contributed by atoms with Gasteiger partial charge in [-0.25, -0.2) is 9.88 Å². The maximum atomic E-state index is 13.9. The van der Waals surface area contributed by atoms with Crippen LogP contribution in [0, 0.1) is 0 Å². The van der Waals surface area contributed by atoms with Gasteiger partial charge in [-0.05, 0) is 48.9 Å². The van der Waals surface area contributed by atoms with Crippen molar-refractivity contribution in [1.29, 1.82) is 0 Å². The summed E-state index contributed by atoms with van der Waals surface area (Å²) >= 11 is 1.17. The second-order valence-electron chi connectivity index (χ2n) is 7.29. The third-order valence-corrected chi connectivity index (χ3v) is 8.72. The molecule has 1 saturated heterocycles. The number of carbonyl (C=O) groups excluding carboxylic acids is 2. The molecule has 162 valence electrons. The molecule has 0 aliphatic carbocycles. The first-order valence-electron chi connectivity index (χ1n) is 9.83. The molecule has 0 bridgehead atoms. The number of nitrogens with one attached hydrogen (secondary N) is 1. The van der Waals surface area contributed by atoms with Crippen molar-refractivity contribution >= 4 is 46.7 Å². The summed E-state index contributed by atoms with van der Waals surface area (Å²) in [5.41, 5.74) is 0.696. The molecule has 1 aromatic carbocycles. The Labute approximate surface area is 178 Å². The number of esters is 1. The van der Waals surface area contributed by atoms with Crippen molar-refractivity contribution in [2.24, 2.45) is 0 Å². The van der Waals surface area contributed by atoms with Crippen molar-refractivity contribution < 1.29 is 28.8 Å². The van der Waals surface area contributed by atoms with E-state index >= 15 is 0 Å². The molecule has 1 unspecified atom stereocenters. The van der Waals surface area contributed by atoms with Crippen LogP contribution in [0.15, 0.2) is 24.3 Å². The highest BCUT2D eigenvalue weighted by molar-refractivity contribution is 7.59. The molecular weight excluding hydrogens is 427 g/mol. The van der Waals surface area contributed by atoms with Gasteiger partial charge in [-0.15, -0.1) is 11.3 Å². The molecular formula is C20H25N2O6PS. The van der Waals surface area contributed by atoms with Gasteiger partial charge in [0.15, 0.2) is 0 Å². The number of carboxylic acid groups (broad SMARTS) is 1. The monoisotopic (exact) mass is 452 g/mol. The van der Waals surface area contributed by atoms with E-state index in [4.69, 9.17) is 4.74 Å². The number of hydrogen-bond acceptors (Lipinski definition) is 6. The minimum Gasteiger partial charge on any atom is -0.477 e. The van der Waals surface area contributed by atoms with E-state index in [1.54, 1.807) is 31.2 Å². The first-order chi connectivity index (χ1) is 14.2. The number of fused-ring (bicyclic) bond motifs is 1. The van der Waals surface area contributed by atoms with Gasteiger partial charge in [0.05, 0.1) is 12.8 Å². The van der Waals surface area contributed by atoms with Crippen molar-refractivity contribution in [3.8, 4) is 0 Å². The van der Waals surface area contributed by atoms with Gasteiger partial charge in [0.2, 0.25) is 13.4 Å². The molecule has 1 aliphatic rings. The van der Waals surface area contributed by atoms with Crippen LogP contribution in [0.1, 0.15) is 48.3 Å². The summed E-state index contributed by atoms with van der Waals surface area (Å²) in [6.45, 7) is 4.10. The molecule has 0 spiro atoms. The number of aromatic carboxylic acids is 1. The average Bonchev–Trinajstić information content (AvgIpc) is 3.32. The standard InChI is InChI=1S/C20H25N2O6PS/c1-3-9-28-20(26)13(2)21-29(27,22-8-4-5-18(22)23)12-14-6-7-16-15(10-14)11-17(30-16)19(24)25/h6-7,10-11,13H,3-5,8-9,12H2,1-2H3,(H,21,27)(H,24,25)/t13-,29?/m0/s1.